The van der Waals surface area contributed by atoms with E-state index in [9.17, 15) is 19.2 Å². The van der Waals surface area contributed by atoms with Gasteiger partial charge in [-0.2, -0.15) is 0 Å². The highest BCUT2D eigenvalue weighted by molar-refractivity contribution is 5.88. The molecule has 0 spiro atoms. The average molecular weight is 1060 g/mol. The maximum Gasteiger partial charge on any atom is 0.330 e. The van der Waals surface area contributed by atoms with Crippen molar-refractivity contribution in [2.24, 2.45) is 23.7 Å². The van der Waals surface area contributed by atoms with E-state index in [4.69, 9.17) is 41.9 Å². The van der Waals surface area contributed by atoms with Crippen LogP contribution in [0.15, 0.2) is 97.1 Å². The maximum atomic E-state index is 12.7. The molecule has 12 nitrogen and oxygen atoms in total. The number of nitrogens with two attached hydrogens (primary N) is 4. The summed E-state index contributed by atoms with van der Waals surface area (Å²) < 4.78 is 22.2. The Kier molecular flexibility index (Phi) is 24.7. The number of ether oxygens (including phenoxy) is 4. The molecule has 4 aromatic rings. The van der Waals surface area contributed by atoms with E-state index in [2.05, 4.69) is 13.8 Å². The Labute approximate surface area is 460 Å². The van der Waals surface area contributed by atoms with Gasteiger partial charge in [0.15, 0.2) is 0 Å². The van der Waals surface area contributed by atoms with Gasteiger partial charge in [0.05, 0.1) is 11.8 Å². The van der Waals surface area contributed by atoms with E-state index in [1.165, 1.54) is 82.8 Å². The van der Waals surface area contributed by atoms with Crippen LogP contribution < -0.4 is 32.4 Å². The fraction of sp³-hybridized carbons (Fsp3) is 0.508. The Morgan fingerprint density at radius 2 is 0.831 bits per heavy atom. The fourth-order valence-electron chi connectivity index (χ4n) is 10.4. The predicted octanol–water partition coefficient (Wildman–Crippen LogP) is 14.5. The van der Waals surface area contributed by atoms with E-state index in [1.54, 1.807) is 60.7 Å². The van der Waals surface area contributed by atoms with Gasteiger partial charge in [0, 0.05) is 45.7 Å². The molecule has 4 aromatic carbocycles. The second kappa shape index (κ2) is 31.0. The number of anilines is 4. The third kappa shape index (κ3) is 21.1. The van der Waals surface area contributed by atoms with Crippen molar-refractivity contribution in [2.45, 2.75) is 174 Å². The number of hydrogen-bond acceptors (Lipinski definition) is 12. The minimum Gasteiger partial charge on any atom is -0.462 e. The molecule has 2 fully saturated rings. The van der Waals surface area contributed by atoms with Crippen LogP contribution in [0.5, 0.6) is 11.5 Å². The molecule has 0 aliphatic heterocycles. The van der Waals surface area contributed by atoms with Crippen molar-refractivity contribution in [3.8, 4) is 11.5 Å². The van der Waals surface area contributed by atoms with Gasteiger partial charge in [0.2, 0.25) is 0 Å². The van der Waals surface area contributed by atoms with E-state index in [0.717, 1.165) is 85.5 Å². The molecule has 2 aliphatic carbocycles. The molecule has 2 saturated carbocycles. The van der Waals surface area contributed by atoms with Gasteiger partial charge < -0.3 is 41.9 Å². The largest absolute Gasteiger partial charge is 0.462 e. The lowest BCUT2D eigenvalue weighted by Crippen LogP contribution is -2.27. The van der Waals surface area contributed by atoms with E-state index < -0.39 is 22.8 Å². The van der Waals surface area contributed by atoms with Crippen LogP contribution in [0.3, 0.4) is 0 Å². The second-order valence-corrected chi connectivity index (χ2v) is 22.8. The van der Waals surface area contributed by atoms with Gasteiger partial charge in [-0.1, -0.05) is 149 Å². The first-order valence-corrected chi connectivity index (χ1v) is 28.5. The molecule has 0 atom stereocenters. The molecule has 77 heavy (non-hydrogen) atoms. The van der Waals surface area contributed by atoms with Crippen LogP contribution >= 0.6 is 0 Å². The van der Waals surface area contributed by atoms with E-state index in [-0.39, 0.29) is 37.0 Å². The van der Waals surface area contributed by atoms with Crippen molar-refractivity contribution in [1.82, 2.24) is 0 Å². The van der Waals surface area contributed by atoms with Gasteiger partial charge in [-0.05, 0) is 146 Å². The zero-order valence-corrected chi connectivity index (χ0v) is 47.1. The standard InChI is InChI=1S/C33H46N2O4.C32H44N2O4/c1-4-5-6-7-8-9-24-10-15-26(16-11-24)32(37)39-28-18-12-25(13-19-28)14-21-31(36)38-23-33(2,3)29-20-17-27(34)22-30(29)35;1-4-5-6-7-8-23-9-14-25(15-10-23)31(36)38-27-17-11-24(12-18-27)13-20-30(35)37-22-32(2,3)28-19-16-26(33)21-29(28)34/h12-14,17-22,24,26H,4-11,15-16,23,34-35H2,1-3H3;11-13,16-21,23,25H,4-10,14-15,22,33-34H2,1-3H3/b21-14+;20-13+. The number of carbonyl (C=O) groups is 4. The van der Waals surface area contributed by atoms with Crippen LogP contribution in [0, 0.1) is 23.7 Å². The molecule has 0 aromatic heterocycles. The summed E-state index contributed by atoms with van der Waals surface area (Å²) in [4.78, 5) is 50.0. The van der Waals surface area contributed by atoms with Crippen molar-refractivity contribution in [1.29, 1.82) is 0 Å². The summed E-state index contributed by atoms with van der Waals surface area (Å²) in [6.07, 6.45) is 28.7. The third-order valence-electron chi connectivity index (χ3n) is 15.3. The van der Waals surface area contributed by atoms with E-state index in [1.807, 2.05) is 64.1 Å². The normalized spacial score (nSPS) is 17.8. The quantitative estimate of drug-likeness (QED) is 0.0161. The predicted molar refractivity (Wildman–Crippen MR) is 314 cm³/mol. The number of carbonyl (C=O) groups excluding carboxylic acids is 4. The van der Waals surface area contributed by atoms with Gasteiger partial charge >= 0.3 is 23.9 Å². The Morgan fingerprint density at radius 1 is 0.481 bits per heavy atom. The lowest BCUT2D eigenvalue weighted by molar-refractivity contribution is -0.141. The summed E-state index contributed by atoms with van der Waals surface area (Å²) in [5.74, 6) is 1.41. The summed E-state index contributed by atoms with van der Waals surface area (Å²) in [6.45, 7) is 12.7. The highest BCUT2D eigenvalue weighted by atomic mass is 16.5. The summed E-state index contributed by atoms with van der Waals surface area (Å²) in [6, 6.07) is 25.0. The average Bonchev–Trinajstić information content (AvgIpc) is 3.41. The van der Waals surface area contributed by atoms with Gasteiger partial charge in [-0.25, -0.2) is 9.59 Å². The van der Waals surface area contributed by atoms with Crippen LogP contribution in [0.4, 0.5) is 22.7 Å². The summed E-state index contributed by atoms with van der Waals surface area (Å²) in [5.41, 5.74) is 28.6. The Morgan fingerprint density at radius 3 is 1.18 bits per heavy atom. The molecule has 0 unspecified atom stereocenters. The molecular formula is C65H90N4O8. The number of nitrogen functional groups attached to an aromatic ring is 4. The number of esters is 4. The molecule has 6 rings (SSSR count). The van der Waals surface area contributed by atoms with Crippen molar-refractivity contribution in [3.05, 3.63) is 119 Å². The Hall–Kier alpha value is -6.56. The van der Waals surface area contributed by atoms with Crippen molar-refractivity contribution in [3.63, 3.8) is 0 Å². The van der Waals surface area contributed by atoms with Gasteiger partial charge in [-0.15, -0.1) is 0 Å². The third-order valence-corrected chi connectivity index (χ3v) is 15.3. The van der Waals surface area contributed by atoms with E-state index >= 15 is 0 Å². The van der Waals surface area contributed by atoms with Crippen LogP contribution in [0.1, 0.15) is 186 Å². The molecule has 418 valence electrons. The summed E-state index contributed by atoms with van der Waals surface area (Å²) >= 11 is 0. The lowest BCUT2D eigenvalue weighted by Gasteiger charge is -2.27. The topological polar surface area (TPSA) is 209 Å². The number of hydrogen-bond donors (Lipinski definition) is 4. The fourth-order valence-corrected chi connectivity index (χ4v) is 10.4. The molecule has 0 saturated heterocycles. The highest BCUT2D eigenvalue weighted by Gasteiger charge is 2.30. The molecular weight excluding hydrogens is 965 g/mol. The van der Waals surface area contributed by atoms with Gasteiger partial charge in [-0.3, -0.25) is 9.59 Å². The second-order valence-electron chi connectivity index (χ2n) is 22.8. The van der Waals surface area contributed by atoms with Crippen LogP contribution in [0.25, 0.3) is 12.2 Å². The minimum absolute atomic E-state index is 0.0101. The van der Waals surface area contributed by atoms with Gasteiger partial charge in [0.1, 0.15) is 24.7 Å². The first kappa shape index (κ1) is 61.3. The zero-order chi connectivity index (χ0) is 55.8. The van der Waals surface area contributed by atoms with E-state index in [0.29, 0.717) is 34.2 Å². The zero-order valence-electron chi connectivity index (χ0n) is 47.1. The highest BCUT2D eigenvalue weighted by Crippen LogP contribution is 2.36. The van der Waals surface area contributed by atoms with Crippen molar-refractivity contribution >= 4 is 58.8 Å². The molecule has 2 aliphatic rings. The molecule has 12 heteroatoms. The summed E-state index contributed by atoms with van der Waals surface area (Å²) in [7, 11) is 0. The molecule has 0 bridgehead atoms. The molecule has 0 heterocycles. The maximum absolute atomic E-state index is 12.7. The Bertz CT molecular complexity index is 2530. The monoisotopic (exact) mass is 1050 g/mol. The SMILES string of the molecule is CCCCCCC1CCC(C(=O)Oc2ccc(/C=C/C(=O)OCC(C)(C)c3ccc(N)cc3N)cc2)CC1.CCCCCCCC1CCC(C(=O)Oc2ccc(/C=C/C(=O)OCC(C)(C)c3ccc(N)cc3N)cc2)CC1. The number of unbranched alkanes of at least 4 members (excludes halogenated alkanes) is 7. The molecule has 8 N–H and O–H groups in total. The smallest absolute Gasteiger partial charge is 0.330 e. The number of rotatable bonds is 25. The minimum atomic E-state index is -0.458. The van der Waals surface area contributed by atoms with Crippen LogP contribution in [-0.4, -0.2) is 37.1 Å². The molecule has 0 radical (unpaired) electrons. The first-order chi connectivity index (χ1) is 36.8. The van der Waals surface area contributed by atoms with Crippen molar-refractivity contribution in [2.75, 3.05) is 36.1 Å². The van der Waals surface area contributed by atoms with Crippen molar-refractivity contribution < 1.29 is 38.1 Å². The molecule has 0 amide bonds. The first-order valence-electron chi connectivity index (χ1n) is 28.5. The number of benzene rings is 4. The summed E-state index contributed by atoms with van der Waals surface area (Å²) in [5, 5.41) is 0. The van der Waals surface area contributed by atoms with Crippen LogP contribution in [-0.2, 0) is 39.5 Å². The lowest BCUT2D eigenvalue weighted by atomic mass is 9.80. The van der Waals surface area contributed by atoms with Gasteiger partial charge in [0.25, 0.3) is 0 Å². The van der Waals surface area contributed by atoms with Crippen LogP contribution in [0.2, 0.25) is 0 Å². The Balaban J connectivity index is 0.000000284.